The first kappa shape index (κ1) is 45.8. The van der Waals surface area contributed by atoms with E-state index in [0.29, 0.717) is 0 Å². The molecule has 0 saturated carbocycles. The third kappa shape index (κ3) is 8.54. The lowest BCUT2D eigenvalue weighted by Crippen LogP contribution is -2.62. The molecule has 1 aliphatic heterocycles. The largest absolute Gasteiger partial charge is 0.463 e. The Morgan fingerprint density at radius 1 is 0.684 bits per heavy atom. The molecule has 1 aliphatic rings. The van der Waals surface area contributed by atoms with Gasteiger partial charge in [0, 0.05) is 17.2 Å². The Balaban J connectivity index is 1.99. The summed E-state index contributed by atoms with van der Waals surface area (Å²) in [6.45, 7) is 44.2. The smallest absolute Gasteiger partial charge is 0.199 e. The van der Waals surface area contributed by atoms with Gasteiger partial charge in [-0.1, -0.05) is 184 Å². The van der Waals surface area contributed by atoms with Crippen LogP contribution >= 0.6 is 0 Å². The summed E-state index contributed by atoms with van der Waals surface area (Å²) in [6, 6.07) is 23.2. The Bertz CT molecular complexity index is 2010. The van der Waals surface area contributed by atoms with Gasteiger partial charge in [-0.25, -0.2) is 0 Å². The van der Waals surface area contributed by atoms with Crippen molar-refractivity contribution in [2.45, 2.75) is 201 Å². The van der Waals surface area contributed by atoms with Gasteiger partial charge in [0.25, 0.3) is 0 Å². The number of benzene rings is 3. The highest BCUT2D eigenvalue weighted by atomic mass is 28.3. The highest BCUT2D eigenvalue weighted by Crippen LogP contribution is 2.54. The summed E-state index contributed by atoms with van der Waals surface area (Å²) in [4.78, 5) is 0. The third-order valence-corrected chi connectivity index (χ3v) is 27.4. The van der Waals surface area contributed by atoms with Crippen LogP contribution in [-0.4, -0.2) is 40.9 Å². The Morgan fingerprint density at radius 3 is 1.70 bits per heavy atom. The van der Waals surface area contributed by atoms with E-state index in [2.05, 4.69) is 184 Å². The zero-order valence-electron chi connectivity index (χ0n) is 39.8. The molecular formula is C51H80BNO2Si2. The molecule has 5 rings (SSSR count). The van der Waals surface area contributed by atoms with E-state index in [1.54, 1.807) is 5.19 Å². The fraction of sp³-hybridized carbons (Fsp3) is 0.647. The minimum Gasteiger partial charge on any atom is -0.463 e. The Hall–Kier alpha value is -2.28. The molecule has 4 aromatic rings. The average Bonchev–Trinajstić information content (AvgIpc) is 3.38. The SMILES string of the molecule is [B][Si](c1ccc2c3ccc([Si](CCCC)(C(C)(C)C)C(C)(C)C)cc3n(-c3cc(C(C)(C)CC(C)(C)C)ccc3OC3CCCCO3)c2c1)(C(C)(C)C)C(C)(C)C. The Morgan fingerprint density at radius 2 is 1.23 bits per heavy atom. The van der Waals surface area contributed by atoms with Gasteiger partial charge in [-0.15, -0.1) is 0 Å². The van der Waals surface area contributed by atoms with Gasteiger partial charge in [0.1, 0.15) is 5.75 Å². The molecule has 3 aromatic carbocycles. The minimum absolute atomic E-state index is 0.0551. The van der Waals surface area contributed by atoms with Crippen molar-refractivity contribution in [2.24, 2.45) is 5.41 Å². The van der Waals surface area contributed by atoms with Crippen LogP contribution in [0.25, 0.3) is 27.5 Å². The first-order chi connectivity index (χ1) is 26.0. The molecule has 1 saturated heterocycles. The van der Waals surface area contributed by atoms with E-state index in [4.69, 9.17) is 16.9 Å². The van der Waals surface area contributed by atoms with Gasteiger partial charge >= 0.3 is 0 Å². The van der Waals surface area contributed by atoms with Crippen molar-refractivity contribution in [3.8, 4) is 11.4 Å². The monoisotopic (exact) mass is 806 g/mol. The van der Waals surface area contributed by atoms with Crippen molar-refractivity contribution in [3.05, 3.63) is 60.2 Å². The maximum atomic E-state index is 7.86. The molecule has 0 N–H and O–H groups in total. The van der Waals surface area contributed by atoms with Gasteiger partial charge in [0.2, 0.25) is 0 Å². The predicted molar refractivity (Wildman–Crippen MR) is 257 cm³/mol. The number of aromatic nitrogens is 1. The summed E-state index contributed by atoms with van der Waals surface area (Å²) in [5.41, 5.74) is 5.02. The summed E-state index contributed by atoms with van der Waals surface area (Å²) in [6.07, 6.45) is 6.37. The van der Waals surface area contributed by atoms with Crippen LogP contribution in [-0.2, 0) is 10.2 Å². The van der Waals surface area contributed by atoms with Gasteiger partial charge in [0.05, 0.1) is 46.8 Å². The second-order valence-corrected chi connectivity index (χ2v) is 34.9. The topological polar surface area (TPSA) is 23.4 Å². The van der Waals surface area contributed by atoms with Crippen LogP contribution in [0, 0.1) is 5.41 Å². The molecule has 0 aliphatic carbocycles. The zero-order valence-corrected chi connectivity index (χ0v) is 41.8. The van der Waals surface area contributed by atoms with Crippen molar-refractivity contribution < 1.29 is 9.47 Å². The molecule has 1 unspecified atom stereocenters. The van der Waals surface area contributed by atoms with E-state index in [-0.39, 0.29) is 37.3 Å². The van der Waals surface area contributed by atoms with E-state index in [1.165, 1.54) is 51.4 Å². The number of fused-ring (bicyclic) bond motifs is 3. The molecule has 0 amide bonds. The summed E-state index contributed by atoms with van der Waals surface area (Å²) >= 11 is 0. The van der Waals surface area contributed by atoms with Crippen LogP contribution in [0.3, 0.4) is 0 Å². The lowest BCUT2D eigenvalue weighted by molar-refractivity contribution is -0.105. The fourth-order valence-electron chi connectivity index (χ4n) is 11.7. The molecule has 2 heterocycles. The van der Waals surface area contributed by atoms with E-state index in [0.717, 1.165) is 43.7 Å². The molecule has 1 atom stereocenters. The second kappa shape index (κ2) is 15.6. The number of hydrogen-bond donors (Lipinski definition) is 0. The molecule has 0 spiro atoms. The number of unbranched alkanes of at least 4 members (excludes halogenated alkanes) is 1. The quantitative estimate of drug-likeness (QED) is 0.149. The predicted octanol–water partition coefficient (Wildman–Crippen LogP) is 14.4. The minimum atomic E-state index is -2.60. The van der Waals surface area contributed by atoms with Crippen LogP contribution in [0.4, 0.5) is 0 Å². The Labute approximate surface area is 352 Å². The van der Waals surface area contributed by atoms with Crippen molar-refractivity contribution in [1.82, 2.24) is 4.57 Å². The van der Waals surface area contributed by atoms with Gasteiger partial charge in [0.15, 0.2) is 6.29 Å². The summed E-state index contributed by atoms with van der Waals surface area (Å²) in [7, 11) is 3.09. The lowest BCUT2D eigenvalue weighted by atomic mass is 9.72. The molecule has 1 aromatic heterocycles. The zero-order chi connectivity index (χ0) is 42.8. The number of hydrogen-bond acceptors (Lipinski definition) is 2. The third-order valence-electron chi connectivity index (χ3n) is 13.9. The number of ether oxygens (including phenoxy) is 2. The highest BCUT2D eigenvalue weighted by molar-refractivity contribution is 7.27. The highest BCUT2D eigenvalue weighted by Gasteiger charge is 2.53. The van der Waals surface area contributed by atoms with Crippen LogP contribution in [0.1, 0.15) is 169 Å². The number of nitrogens with zero attached hydrogens (tertiary/aromatic N) is 1. The van der Waals surface area contributed by atoms with Gasteiger partial charge in [-0.3, -0.25) is 0 Å². The maximum absolute atomic E-state index is 7.86. The van der Waals surface area contributed by atoms with Crippen molar-refractivity contribution in [3.63, 3.8) is 0 Å². The molecule has 0 bridgehead atoms. The van der Waals surface area contributed by atoms with E-state index < -0.39 is 16.0 Å². The molecule has 57 heavy (non-hydrogen) atoms. The molecular weight excluding hydrogens is 726 g/mol. The molecule has 6 heteroatoms. The first-order valence-corrected chi connectivity index (χ1v) is 26.6. The average molecular weight is 806 g/mol. The van der Waals surface area contributed by atoms with E-state index >= 15 is 0 Å². The van der Waals surface area contributed by atoms with Crippen molar-refractivity contribution >= 4 is 55.6 Å². The normalized spacial score (nSPS) is 17.1. The molecule has 3 nitrogen and oxygen atoms in total. The summed E-state index contributed by atoms with van der Waals surface area (Å²) in [5, 5.41) is 5.62. The summed E-state index contributed by atoms with van der Waals surface area (Å²) < 4.78 is 15.8. The maximum Gasteiger partial charge on any atom is 0.199 e. The van der Waals surface area contributed by atoms with E-state index in [9.17, 15) is 0 Å². The van der Waals surface area contributed by atoms with Crippen LogP contribution in [0.5, 0.6) is 5.75 Å². The van der Waals surface area contributed by atoms with E-state index in [1.807, 2.05) is 0 Å². The fourth-order valence-corrected chi connectivity index (χ4v) is 23.8. The number of rotatable bonds is 10. The Kier molecular flexibility index (Phi) is 12.6. The second-order valence-electron chi connectivity index (χ2n) is 23.8. The van der Waals surface area contributed by atoms with Crippen LogP contribution in [0.15, 0.2) is 54.6 Å². The molecule has 312 valence electrons. The van der Waals surface area contributed by atoms with Crippen molar-refractivity contribution in [1.29, 1.82) is 0 Å². The molecule has 1 fully saturated rings. The van der Waals surface area contributed by atoms with Crippen LogP contribution < -0.4 is 15.1 Å². The summed E-state index contributed by atoms with van der Waals surface area (Å²) in [5.74, 6) is 0.885. The first-order valence-electron chi connectivity index (χ1n) is 22.3. The van der Waals surface area contributed by atoms with Gasteiger partial charge < -0.3 is 14.0 Å². The molecule has 2 radical (unpaired) electrons. The lowest BCUT2D eigenvalue weighted by Gasteiger charge is -2.53. The van der Waals surface area contributed by atoms with Gasteiger partial charge in [-0.05, 0) is 80.1 Å². The van der Waals surface area contributed by atoms with Gasteiger partial charge in [-0.2, -0.15) is 0 Å². The van der Waals surface area contributed by atoms with Crippen molar-refractivity contribution in [2.75, 3.05) is 6.61 Å². The van der Waals surface area contributed by atoms with Crippen LogP contribution in [0.2, 0.25) is 26.2 Å². The standard InChI is InChI=1S/C51H80BNO2Si2/c1-19-20-31-56(47(5,6)7,48(8,9)10)37-25-27-39-40-28-26-38(57(52,49(11,12)13)50(14,15)16)34-42(40)53(41(39)33-37)43-32-36(51(17,18)35-46(2,3)4)24-29-44(43)55-45-23-21-22-30-54-45/h24-29,32-34,45H,19-23,30-31,35H2,1-18H3.